The normalized spacial score (nSPS) is 20.9. The van der Waals surface area contributed by atoms with Crippen molar-refractivity contribution in [2.75, 3.05) is 59.5 Å². The van der Waals surface area contributed by atoms with Crippen molar-refractivity contribution in [2.45, 2.75) is 67.9 Å². The number of nitrogens with zero attached hydrogens (tertiary/aromatic N) is 5. The second-order valence-electron chi connectivity index (χ2n) is 8.88. The lowest BCUT2D eigenvalue weighted by molar-refractivity contribution is 0.155. The average molecular weight is 506 g/mol. The number of amidine groups is 2. The van der Waals surface area contributed by atoms with E-state index in [1.165, 1.54) is 5.57 Å². The third-order valence-corrected chi connectivity index (χ3v) is 5.89. The van der Waals surface area contributed by atoms with Gasteiger partial charge in [-0.1, -0.05) is 53.2 Å². The molecule has 36 heavy (non-hydrogen) atoms. The number of aliphatic imine (C=N–C) groups is 3. The number of allylic oxidation sites excluding steroid dienone is 1. The lowest BCUT2D eigenvalue weighted by atomic mass is 10.0. The molecule has 0 aromatic carbocycles. The van der Waals surface area contributed by atoms with Gasteiger partial charge >= 0.3 is 0 Å². The van der Waals surface area contributed by atoms with Crippen molar-refractivity contribution in [3.8, 4) is 0 Å². The van der Waals surface area contributed by atoms with E-state index in [4.69, 9.17) is 4.99 Å². The Morgan fingerprint density at radius 1 is 1.17 bits per heavy atom. The predicted octanol–water partition coefficient (Wildman–Crippen LogP) is 3.25. The lowest BCUT2D eigenvalue weighted by Gasteiger charge is -2.32. The van der Waals surface area contributed by atoms with Crippen LogP contribution in [0.5, 0.6) is 0 Å². The van der Waals surface area contributed by atoms with Crippen molar-refractivity contribution in [1.82, 2.24) is 31.3 Å². The minimum absolute atomic E-state index is 0.369. The fourth-order valence-corrected chi connectivity index (χ4v) is 3.39. The molecule has 1 unspecified atom stereocenters. The van der Waals surface area contributed by atoms with Gasteiger partial charge in [-0.05, 0) is 33.5 Å². The Morgan fingerprint density at radius 3 is 2.39 bits per heavy atom. The first-order valence-corrected chi connectivity index (χ1v) is 13.7. The summed E-state index contributed by atoms with van der Waals surface area (Å²) in [4.78, 5) is 18.4. The standard InChI is InChI=1S/C23H43N9.2C2H6/c1-7-19(4)16-25-17-27-22(28-23-14-20(18(2)3)29-30-23)15-21(24-5)26-8-9-32-12-10-31(6)11-13-32;2*1-2/h7,15,18,20,25-26,29H,5,8-14,16-17H2,1-4,6H3,(H,27,28,30);2*1-2H3/b19-7+,21-15+;;. The van der Waals surface area contributed by atoms with Gasteiger partial charge in [-0.25, -0.2) is 15.4 Å². The molecule has 4 N–H and O–H groups in total. The van der Waals surface area contributed by atoms with E-state index < -0.39 is 0 Å². The molecule has 2 fully saturated rings. The first kappa shape index (κ1) is 33.9. The average Bonchev–Trinajstić information content (AvgIpc) is 3.38. The summed E-state index contributed by atoms with van der Waals surface area (Å²) in [5, 5.41) is 6.72. The third-order valence-electron chi connectivity index (χ3n) is 5.89. The Balaban J connectivity index is 0.00000291. The van der Waals surface area contributed by atoms with Crippen LogP contribution in [0.3, 0.4) is 0 Å². The van der Waals surface area contributed by atoms with Crippen LogP contribution >= 0.6 is 0 Å². The molecule has 0 saturated carbocycles. The van der Waals surface area contributed by atoms with Crippen molar-refractivity contribution in [3.63, 3.8) is 0 Å². The van der Waals surface area contributed by atoms with Gasteiger partial charge in [-0.2, -0.15) is 0 Å². The monoisotopic (exact) mass is 505 g/mol. The molecule has 0 aromatic rings. The summed E-state index contributed by atoms with van der Waals surface area (Å²) in [6.45, 7) is 27.8. The Labute approximate surface area is 221 Å². The van der Waals surface area contributed by atoms with Gasteiger partial charge in [-0.15, -0.1) is 0 Å². The maximum Gasteiger partial charge on any atom is 0.154 e. The number of nitrogens with one attached hydrogen (secondary N) is 4. The molecule has 0 aliphatic carbocycles. The second-order valence-corrected chi connectivity index (χ2v) is 8.88. The Kier molecular flexibility index (Phi) is 19.8. The fourth-order valence-electron chi connectivity index (χ4n) is 3.39. The zero-order chi connectivity index (χ0) is 27.3. The fraction of sp³-hybridized carbons (Fsp3) is 0.741. The van der Waals surface area contributed by atoms with Crippen LogP contribution in [-0.2, 0) is 0 Å². The molecule has 0 spiro atoms. The van der Waals surface area contributed by atoms with Gasteiger partial charge in [0, 0.05) is 64.4 Å². The summed E-state index contributed by atoms with van der Waals surface area (Å²) in [5.74, 6) is 2.74. The molecule has 2 aliphatic rings. The number of rotatable bonds is 11. The second kappa shape index (κ2) is 21.1. The molecule has 9 nitrogen and oxygen atoms in total. The van der Waals surface area contributed by atoms with Gasteiger partial charge in [0.05, 0.1) is 6.67 Å². The topological polar surface area (TPSA) is 91.7 Å². The summed E-state index contributed by atoms with van der Waals surface area (Å²) in [6.07, 6.45) is 4.82. The summed E-state index contributed by atoms with van der Waals surface area (Å²) < 4.78 is 0. The molecule has 0 bridgehead atoms. The third kappa shape index (κ3) is 14.5. The highest BCUT2D eigenvalue weighted by Gasteiger charge is 2.22. The highest BCUT2D eigenvalue weighted by atomic mass is 15.4. The molecule has 0 radical (unpaired) electrons. The van der Waals surface area contributed by atoms with Crippen molar-refractivity contribution in [3.05, 3.63) is 23.5 Å². The van der Waals surface area contributed by atoms with Gasteiger partial charge in [-0.3, -0.25) is 15.2 Å². The number of hydrazine groups is 1. The van der Waals surface area contributed by atoms with Gasteiger partial charge in [0.2, 0.25) is 0 Å². The zero-order valence-electron chi connectivity index (χ0n) is 24.6. The number of hydrogen-bond acceptors (Lipinski definition) is 7. The van der Waals surface area contributed by atoms with Crippen LogP contribution in [-0.4, -0.2) is 93.8 Å². The molecular weight excluding hydrogens is 450 g/mol. The van der Waals surface area contributed by atoms with Gasteiger partial charge < -0.3 is 15.6 Å². The lowest BCUT2D eigenvalue weighted by Crippen LogP contribution is -2.46. The van der Waals surface area contributed by atoms with E-state index in [1.54, 1.807) is 0 Å². The molecular formula is C27H55N9. The maximum atomic E-state index is 4.76. The Bertz CT molecular complexity index is 702. The van der Waals surface area contributed by atoms with Crippen LogP contribution < -0.4 is 21.5 Å². The quantitative estimate of drug-likeness (QED) is 0.149. The molecule has 0 amide bonds. The highest BCUT2D eigenvalue weighted by Crippen LogP contribution is 2.10. The number of hydrogen-bond donors (Lipinski definition) is 4. The van der Waals surface area contributed by atoms with Crippen molar-refractivity contribution in [1.29, 1.82) is 0 Å². The van der Waals surface area contributed by atoms with Crippen LogP contribution in [0.25, 0.3) is 0 Å². The van der Waals surface area contributed by atoms with Gasteiger partial charge in [0.25, 0.3) is 0 Å². The minimum atomic E-state index is 0.369. The SMILES string of the molecule is C=N/C(=C\C(N=C1CC(C(C)C)NN1)=N/CNC/C(C)=C/C)NCCN1CCN(C)CC1.CC.CC. The van der Waals surface area contributed by atoms with Crippen LogP contribution in [0.15, 0.2) is 38.5 Å². The van der Waals surface area contributed by atoms with E-state index in [1.807, 2.05) is 40.7 Å². The zero-order valence-corrected chi connectivity index (χ0v) is 24.6. The first-order valence-electron chi connectivity index (χ1n) is 13.7. The molecule has 2 rings (SSSR count). The molecule has 208 valence electrons. The van der Waals surface area contributed by atoms with Crippen LogP contribution in [0, 0.1) is 5.92 Å². The number of piperazine rings is 1. The van der Waals surface area contributed by atoms with Gasteiger partial charge in [0.15, 0.2) is 5.84 Å². The molecule has 1 atom stereocenters. The van der Waals surface area contributed by atoms with Crippen LogP contribution in [0.4, 0.5) is 0 Å². The summed E-state index contributed by atoms with van der Waals surface area (Å²) in [7, 11) is 2.17. The molecule has 9 heteroatoms. The minimum Gasteiger partial charge on any atom is -0.369 e. The van der Waals surface area contributed by atoms with Gasteiger partial charge in [0.1, 0.15) is 11.7 Å². The van der Waals surface area contributed by atoms with Crippen molar-refractivity contribution >= 4 is 18.4 Å². The van der Waals surface area contributed by atoms with E-state index in [0.717, 1.165) is 58.1 Å². The Hall–Kier alpha value is -2.07. The smallest absolute Gasteiger partial charge is 0.154 e. The highest BCUT2D eigenvalue weighted by molar-refractivity contribution is 6.03. The Morgan fingerprint density at radius 2 is 1.83 bits per heavy atom. The van der Waals surface area contributed by atoms with Crippen LogP contribution in [0.2, 0.25) is 0 Å². The van der Waals surface area contributed by atoms with E-state index >= 15 is 0 Å². The molecule has 2 heterocycles. The number of likely N-dealkylation sites (N-methyl/N-ethyl adjacent to an activating group) is 1. The van der Waals surface area contributed by atoms with E-state index in [-0.39, 0.29) is 0 Å². The molecule has 0 aromatic heterocycles. The van der Waals surface area contributed by atoms with Crippen molar-refractivity contribution < 1.29 is 0 Å². The first-order chi connectivity index (χ1) is 17.4. The summed E-state index contributed by atoms with van der Waals surface area (Å²) in [5.41, 5.74) is 7.78. The van der Waals surface area contributed by atoms with E-state index in [9.17, 15) is 0 Å². The molecule has 2 saturated heterocycles. The maximum absolute atomic E-state index is 4.76. The van der Waals surface area contributed by atoms with E-state index in [0.29, 0.717) is 30.3 Å². The predicted molar refractivity (Wildman–Crippen MR) is 159 cm³/mol. The molecule has 2 aliphatic heterocycles. The largest absolute Gasteiger partial charge is 0.369 e. The summed E-state index contributed by atoms with van der Waals surface area (Å²) >= 11 is 0. The summed E-state index contributed by atoms with van der Waals surface area (Å²) in [6, 6.07) is 0.369. The van der Waals surface area contributed by atoms with Crippen LogP contribution in [0.1, 0.15) is 61.8 Å². The van der Waals surface area contributed by atoms with E-state index in [2.05, 4.69) is 81.9 Å². The van der Waals surface area contributed by atoms with Crippen molar-refractivity contribution in [2.24, 2.45) is 20.9 Å².